The molecule has 1 atom stereocenters. The lowest BCUT2D eigenvalue weighted by Gasteiger charge is -2.20. The SMILES string of the molecule is COc1ccc(-c2noc(C3COCCN3)n2)cc1.Cl. The maximum absolute atomic E-state index is 5.37. The van der Waals surface area contributed by atoms with Crippen molar-refractivity contribution in [1.29, 1.82) is 0 Å². The number of aromatic nitrogens is 2. The van der Waals surface area contributed by atoms with E-state index in [1.54, 1.807) is 7.11 Å². The predicted molar refractivity (Wildman–Crippen MR) is 75.1 cm³/mol. The molecular formula is C13H16ClN3O3. The highest BCUT2D eigenvalue weighted by Gasteiger charge is 2.21. The zero-order chi connectivity index (χ0) is 13.1. The Morgan fingerprint density at radius 3 is 2.75 bits per heavy atom. The van der Waals surface area contributed by atoms with Crippen LogP contribution in [-0.4, -0.2) is 37.0 Å². The molecule has 2 aromatic rings. The van der Waals surface area contributed by atoms with Crippen LogP contribution in [0.5, 0.6) is 5.75 Å². The minimum absolute atomic E-state index is 0. The second kappa shape index (κ2) is 6.69. The molecule has 108 valence electrons. The van der Waals surface area contributed by atoms with Crippen molar-refractivity contribution in [3.05, 3.63) is 30.2 Å². The van der Waals surface area contributed by atoms with Crippen LogP contribution in [0.4, 0.5) is 0 Å². The second-order valence-electron chi connectivity index (χ2n) is 4.27. The Bertz CT molecular complexity index is 538. The lowest BCUT2D eigenvalue weighted by Crippen LogP contribution is -2.34. The summed E-state index contributed by atoms with van der Waals surface area (Å²) in [6.45, 7) is 2.07. The van der Waals surface area contributed by atoms with E-state index >= 15 is 0 Å². The van der Waals surface area contributed by atoms with E-state index in [0.717, 1.165) is 24.5 Å². The normalized spacial score (nSPS) is 18.4. The number of methoxy groups -OCH3 is 1. The number of ether oxygens (including phenoxy) is 2. The molecule has 1 aliphatic heterocycles. The molecule has 1 unspecified atom stereocenters. The summed E-state index contributed by atoms with van der Waals surface area (Å²) in [6, 6.07) is 7.52. The Hall–Kier alpha value is -1.63. The van der Waals surface area contributed by atoms with Gasteiger partial charge in [-0.05, 0) is 24.3 Å². The summed E-state index contributed by atoms with van der Waals surface area (Å²) in [6.07, 6.45) is 0. The van der Waals surface area contributed by atoms with Crippen molar-refractivity contribution in [2.24, 2.45) is 0 Å². The summed E-state index contributed by atoms with van der Waals surface area (Å²) in [5.41, 5.74) is 0.896. The quantitative estimate of drug-likeness (QED) is 0.932. The van der Waals surface area contributed by atoms with Gasteiger partial charge < -0.3 is 19.3 Å². The Labute approximate surface area is 122 Å². The lowest BCUT2D eigenvalue weighted by atomic mass is 10.2. The minimum atomic E-state index is -0.0201. The van der Waals surface area contributed by atoms with Crippen molar-refractivity contribution < 1.29 is 14.0 Å². The minimum Gasteiger partial charge on any atom is -0.497 e. The van der Waals surface area contributed by atoms with E-state index < -0.39 is 0 Å². The number of halogens is 1. The first-order valence-corrected chi connectivity index (χ1v) is 6.16. The molecule has 20 heavy (non-hydrogen) atoms. The molecule has 3 rings (SSSR count). The maximum Gasteiger partial charge on any atom is 0.246 e. The highest BCUT2D eigenvalue weighted by Crippen LogP contribution is 2.22. The summed E-state index contributed by atoms with van der Waals surface area (Å²) in [4.78, 5) is 4.40. The van der Waals surface area contributed by atoms with Crippen LogP contribution in [0.2, 0.25) is 0 Å². The number of morpholine rings is 1. The molecule has 2 heterocycles. The van der Waals surface area contributed by atoms with E-state index in [0.29, 0.717) is 18.3 Å². The van der Waals surface area contributed by atoms with Crippen molar-refractivity contribution in [2.45, 2.75) is 6.04 Å². The van der Waals surface area contributed by atoms with Gasteiger partial charge in [-0.3, -0.25) is 0 Å². The van der Waals surface area contributed by atoms with Crippen molar-refractivity contribution in [3.63, 3.8) is 0 Å². The van der Waals surface area contributed by atoms with Crippen LogP contribution in [-0.2, 0) is 4.74 Å². The van der Waals surface area contributed by atoms with Crippen LogP contribution < -0.4 is 10.1 Å². The summed E-state index contributed by atoms with van der Waals surface area (Å²) in [7, 11) is 1.64. The third-order valence-corrected chi connectivity index (χ3v) is 3.01. The third kappa shape index (κ3) is 3.09. The molecule has 7 heteroatoms. The van der Waals surface area contributed by atoms with Crippen molar-refractivity contribution in [3.8, 4) is 17.1 Å². The van der Waals surface area contributed by atoms with Gasteiger partial charge >= 0.3 is 0 Å². The Kier molecular flexibility index (Phi) is 4.94. The largest absolute Gasteiger partial charge is 0.497 e. The fourth-order valence-corrected chi connectivity index (χ4v) is 1.96. The smallest absolute Gasteiger partial charge is 0.246 e. The van der Waals surface area contributed by atoms with E-state index in [2.05, 4.69) is 15.5 Å². The highest BCUT2D eigenvalue weighted by atomic mass is 35.5. The summed E-state index contributed by atoms with van der Waals surface area (Å²) < 4.78 is 15.8. The molecule has 1 N–H and O–H groups in total. The van der Waals surface area contributed by atoms with E-state index in [9.17, 15) is 0 Å². The highest BCUT2D eigenvalue weighted by molar-refractivity contribution is 5.85. The van der Waals surface area contributed by atoms with Gasteiger partial charge in [-0.15, -0.1) is 12.4 Å². The van der Waals surface area contributed by atoms with E-state index in [1.165, 1.54) is 0 Å². The molecule has 1 fully saturated rings. The Morgan fingerprint density at radius 1 is 1.30 bits per heavy atom. The number of benzene rings is 1. The van der Waals surface area contributed by atoms with Crippen LogP contribution >= 0.6 is 12.4 Å². The molecule has 0 bridgehead atoms. The van der Waals surface area contributed by atoms with Gasteiger partial charge in [-0.25, -0.2) is 0 Å². The number of hydrogen-bond acceptors (Lipinski definition) is 6. The molecule has 0 amide bonds. The molecule has 0 saturated carbocycles. The Balaban J connectivity index is 0.00000147. The topological polar surface area (TPSA) is 69.4 Å². The van der Waals surface area contributed by atoms with Gasteiger partial charge in [0.1, 0.15) is 11.8 Å². The predicted octanol–water partition coefficient (Wildman–Crippen LogP) is 1.83. The fraction of sp³-hybridized carbons (Fsp3) is 0.385. The van der Waals surface area contributed by atoms with Gasteiger partial charge in [0.2, 0.25) is 11.7 Å². The van der Waals surface area contributed by atoms with Gasteiger partial charge in [0.15, 0.2) is 0 Å². The van der Waals surface area contributed by atoms with E-state index in [4.69, 9.17) is 14.0 Å². The zero-order valence-electron chi connectivity index (χ0n) is 11.0. The van der Waals surface area contributed by atoms with E-state index in [-0.39, 0.29) is 18.4 Å². The average Bonchev–Trinajstić information content (AvgIpc) is 2.98. The summed E-state index contributed by atoms with van der Waals surface area (Å²) in [5, 5.41) is 7.27. The standard InChI is InChI=1S/C13H15N3O3.ClH/c1-17-10-4-2-9(3-5-10)12-15-13(19-16-12)11-8-18-7-6-14-11;/h2-5,11,14H,6-8H2,1H3;1H. The van der Waals surface area contributed by atoms with Crippen LogP contribution in [0.1, 0.15) is 11.9 Å². The molecule has 1 saturated heterocycles. The number of nitrogens with one attached hydrogen (secondary N) is 1. The lowest BCUT2D eigenvalue weighted by molar-refractivity contribution is 0.0659. The molecule has 6 nitrogen and oxygen atoms in total. The first-order valence-electron chi connectivity index (χ1n) is 6.16. The van der Waals surface area contributed by atoms with Gasteiger partial charge in [-0.1, -0.05) is 5.16 Å². The molecule has 0 radical (unpaired) electrons. The molecule has 1 aromatic carbocycles. The second-order valence-corrected chi connectivity index (χ2v) is 4.27. The van der Waals surface area contributed by atoms with Crippen LogP contribution in [0.25, 0.3) is 11.4 Å². The first-order chi connectivity index (χ1) is 9.36. The zero-order valence-corrected chi connectivity index (χ0v) is 11.9. The summed E-state index contributed by atoms with van der Waals surface area (Å²) in [5.74, 6) is 1.94. The monoisotopic (exact) mass is 297 g/mol. The molecular weight excluding hydrogens is 282 g/mol. The first kappa shape index (κ1) is 14.8. The summed E-state index contributed by atoms with van der Waals surface area (Å²) >= 11 is 0. The van der Waals surface area contributed by atoms with Crippen molar-refractivity contribution in [1.82, 2.24) is 15.5 Å². The number of rotatable bonds is 3. The van der Waals surface area contributed by atoms with Gasteiger partial charge in [-0.2, -0.15) is 4.98 Å². The van der Waals surface area contributed by atoms with Crippen molar-refractivity contribution in [2.75, 3.05) is 26.9 Å². The van der Waals surface area contributed by atoms with Gasteiger partial charge in [0.05, 0.1) is 20.3 Å². The van der Waals surface area contributed by atoms with Crippen LogP contribution in [0, 0.1) is 0 Å². The number of nitrogens with zero attached hydrogens (tertiary/aromatic N) is 2. The maximum atomic E-state index is 5.37. The van der Waals surface area contributed by atoms with Gasteiger partial charge in [0, 0.05) is 12.1 Å². The Morgan fingerprint density at radius 2 is 2.10 bits per heavy atom. The molecule has 0 spiro atoms. The molecule has 1 aliphatic rings. The van der Waals surface area contributed by atoms with Crippen molar-refractivity contribution >= 4 is 12.4 Å². The fourth-order valence-electron chi connectivity index (χ4n) is 1.96. The van der Waals surface area contributed by atoms with Crippen LogP contribution in [0.3, 0.4) is 0 Å². The average molecular weight is 298 g/mol. The molecule has 0 aliphatic carbocycles. The van der Waals surface area contributed by atoms with E-state index in [1.807, 2.05) is 24.3 Å². The molecule has 1 aromatic heterocycles. The van der Waals surface area contributed by atoms with Crippen LogP contribution in [0.15, 0.2) is 28.8 Å². The number of hydrogen-bond donors (Lipinski definition) is 1. The third-order valence-electron chi connectivity index (χ3n) is 3.01. The van der Waals surface area contributed by atoms with Gasteiger partial charge in [0.25, 0.3) is 0 Å².